The van der Waals surface area contributed by atoms with Gasteiger partial charge in [0.1, 0.15) is 11.5 Å². The molecule has 0 fully saturated rings. The first kappa shape index (κ1) is 9.78. The minimum absolute atomic E-state index is 0.117. The zero-order valence-electron chi connectivity index (χ0n) is 8.22. The van der Waals surface area contributed by atoms with Gasteiger partial charge in [0.2, 0.25) is 0 Å². The molecule has 1 aromatic carbocycles. The average molecular weight is 178 g/mol. The lowest BCUT2D eigenvalue weighted by molar-refractivity contribution is -0.116. The summed E-state index contributed by atoms with van der Waals surface area (Å²) in [7, 11) is 0. The molecule has 0 aliphatic carbocycles. The molecule has 0 atom stereocenters. The summed E-state index contributed by atoms with van der Waals surface area (Å²) in [5, 5.41) is 9.59. The van der Waals surface area contributed by atoms with Crippen LogP contribution in [0.5, 0.6) is 5.75 Å². The maximum Gasteiger partial charge on any atom is 0.134 e. The van der Waals surface area contributed by atoms with Gasteiger partial charge in [-0.15, -0.1) is 0 Å². The van der Waals surface area contributed by atoms with Crippen molar-refractivity contribution >= 4 is 5.78 Å². The zero-order chi connectivity index (χ0) is 10.0. The maximum atomic E-state index is 10.9. The van der Waals surface area contributed by atoms with E-state index in [4.69, 9.17) is 0 Å². The molecule has 0 saturated carbocycles. The van der Waals surface area contributed by atoms with Crippen LogP contribution in [0.2, 0.25) is 0 Å². The molecule has 0 aliphatic heterocycles. The third-order valence-electron chi connectivity index (χ3n) is 2.18. The third-order valence-corrected chi connectivity index (χ3v) is 2.18. The number of aryl methyl sites for hydroxylation is 1. The number of carbonyl (C=O) groups is 1. The quantitative estimate of drug-likeness (QED) is 0.753. The number of carbonyl (C=O) groups excluding carboxylic acids is 1. The number of hydrogen-bond donors (Lipinski definition) is 1. The molecule has 70 valence electrons. The van der Waals surface area contributed by atoms with Gasteiger partial charge in [0.25, 0.3) is 0 Å². The molecule has 0 aliphatic rings. The summed E-state index contributed by atoms with van der Waals surface area (Å²) in [6.07, 6.45) is 0.402. The molecule has 0 saturated heterocycles. The van der Waals surface area contributed by atoms with Crippen LogP contribution < -0.4 is 0 Å². The minimum Gasteiger partial charge on any atom is -0.507 e. The Balaban J connectivity index is 3.10. The van der Waals surface area contributed by atoms with E-state index < -0.39 is 0 Å². The van der Waals surface area contributed by atoms with E-state index in [0.717, 1.165) is 16.7 Å². The van der Waals surface area contributed by atoms with Crippen molar-refractivity contribution in [3.8, 4) is 5.75 Å². The highest BCUT2D eigenvalue weighted by Gasteiger charge is 2.07. The van der Waals surface area contributed by atoms with Crippen molar-refractivity contribution in [3.05, 3.63) is 28.8 Å². The largest absolute Gasteiger partial charge is 0.507 e. The first-order valence-electron chi connectivity index (χ1n) is 4.30. The summed E-state index contributed by atoms with van der Waals surface area (Å²) >= 11 is 0. The van der Waals surface area contributed by atoms with Gasteiger partial charge in [0, 0.05) is 6.42 Å². The SMILES string of the molecule is CC(=O)Cc1ccc(C)c(O)c1C. The van der Waals surface area contributed by atoms with Gasteiger partial charge in [-0.1, -0.05) is 12.1 Å². The molecule has 1 aromatic rings. The Labute approximate surface area is 78.2 Å². The molecule has 1 rings (SSSR count). The highest BCUT2D eigenvalue weighted by atomic mass is 16.3. The number of hydrogen-bond acceptors (Lipinski definition) is 2. The van der Waals surface area contributed by atoms with Crippen LogP contribution in [-0.2, 0) is 11.2 Å². The highest BCUT2D eigenvalue weighted by Crippen LogP contribution is 2.24. The molecular weight excluding hydrogens is 164 g/mol. The first-order valence-corrected chi connectivity index (χ1v) is 4.30. The average Bonchev–Trinajstić information content (AvgIpc) is 2.06. The van der Waals surface area contributed by atoms with Crippen LogP contribution >= 0.6 is 0 Å². The van der Waals surface area contributed by atoms with E-state index in [1.165, 1.54) is 0 Å². The van der Waals surface area contributed by atoms with Crippen LogP contribution in [-0.4, -0.2) is 10.9 Å². The number of rotatable bonds is 2. The van der Waals surface area contributed by atoms with Crippen molar-refractivity contribution in [2.75, 3.05) is 0 Å². The fourth-order valence-corrected chi connectivity index (χ4v) is 1.34. The molecule has 0 amide bonds. The van der Waals surface area contributed by atoms with Gasteiger partial charge in [0.15, 0.2) is 0 Å². The second kappa shape index (κ2) is 3.60. The molecule has 13 heavy (non-hydrogen) atoms. The standard InChI is InChI=1S/C11H14O2/c1-7-4-5-10(6-8(2)12)9(3)11(7)13/h4-5,13H,6H2,1-3H3. The topological polar surface area (TPSA) is 37.3 Å². The molecule has 2 heteroatoms. The number of aromatic hydroxyl groups is 1. The smallest absolute Gasteiger partial charge is 0.134 e. The lowest BCUT2D eigenvalue weighted by Gasteiger charge is -2.07. The lowest BCUT2D eigenvalue weighted by atomic mass is 10.0. The van der Waals surface area contributed by atoms with Gasteiger partial charge < -0.3 is 5.11 Å². The Morgan fingerprint density at radius 1 is 1.38 bits per heavy atom. The normalized spacial score (nSPS) is 10.1. The van der Waals surface area contributed by atoms with Gasteiger partial charge in [-0.2, -0.15) is 0 Å². The third kappa shape index (κ3) is 2.08. The summed E-state index contributed by atoms with van der Waals surface area (Å²) in [6.45, 7) is 5.23. The molecule has 0 aromatic heterocycles. The number of benzene rings is 1. The second-order valence-electron chi connectivity index (χ2n) is 3.39. The summed E-state index contributed by atoms with van der Waals surface area (Å²) in [5.74, 6) is 0.421. The van der Waals surface area contributed by atoms with E-state index in [9.17, 15) is 9.90 Å². The summed E-state index contributed by atoms with van der Waals surface area (Å²) in [5.41, 5.74) is 2.58. The van der Waals surface area contributed by atoms with Crippen LogP contribution in [0.25, 0.3) is 0 Å². The Hall–Kier alpha value is -1.31. The van der Waals surface area contributed by atoms with E-state index in [2.05, 4.69) is 0 Å². The molecule has 0 spiro atoms. The van der Waals surface area contributed by atoms with Crippen molar-refractivity contribution in [1.82, 2.24) is 0 Å². The molecule has 0 unspecified atom stereocenters. The van der Waals surface area contributed by atoms with E-state index in [-0.39, 0.29) is 5.78 Å². The van der Waals surface area contributed by atoms with Gasteiger partial charge >= 0.3 is 0 Å². The number of phenols is 1. The van der Waals surface area contributed by atoms with Crippen molar-refractivity contribution in [2.24, 2.45) is 0 Å². The van der Waals surface area contributed by atoms with Crippen molar-refractivity contribution in [1.29, 1.82) is 0 Å². The van der Waals surface area contributed by atoms with Gasteiger partial charge in [-0.25, -0.2) is 0 Å². The molecule has 0 bridgehead atoms. The molecule has 1 N–H and O–H groups in total. The molecule has 0 radical (unpaired) electrons. The second-order valence-corrected chi connectivity index (χ2v) is 3.39. The Morgan fingerprint density at radius 3 is 2.54 bits per heavy atom. The fourth-order valence-electron chi connectivity index (χ4n) is 1.34. The first-order chi connectivity index (χ1) is 6.02. The van der Waals surface area contributed by atoms with E-state index in [1.54, 1.807) is 6.92 Å². The predicted molar refractivity (Wildman–Crippen MR) is 52.0 cm³/mol. The van der Waals surface area contributed by atoms with Gasteiger partial charge in [-0.05, 0) is 37.5 Å². The maximum absolute atomic E-state index is 10.9. The lowest BCUT2D eigenvalue weighted by Crippen LogP contribution is -1.99. The zero-order valence-corrected chi connectivity index (χ0v) is 8.22. The summed E-state index contributed by atoms with van der Waals surface area (Å²) < 4.78 is 0. The number of phenolic OH excluding ortho intramolecular Hbond substituents is 1. The Bertz CT molecular complexity index is 340. The van der Waals surface area contributed by atoms with Crippen LogP contribution in [0.15, 0.2) is 12.1 Å². The van der Waals surface area contributed by atoms with Crippen LogP contribution in [0.3, 0.4) is 0 Å². The molecule has 0 heterocycles. The Kier molecular flexibility index (Phi) is 2.71. The van der Waals surface area contributed by atoms with Gasteiger partial charge in [0.05, 0.1) is 0 Å². The van der Waals surface area contributed by atoms with Crippen LogP contribution in [0.4, 0.5) is 0 Å². The predicted octanol–water partition coefficient (Wildman–Crippen LogP) is 2.14. The fraction of sp³-hybridized carbons (Fsp3) is 0.364. The Morgan fingerprint density at radius 2 is 2.00 bits per heavy atom. The highest BCUT2D eigenvalue weighted by molar-refractivity contribution is 5.78. The van der Waals surface area contributed by atoms with Crippen molar-refractivity contribution in [2.45, 2.75) is 27.2 Å². The number of Topliss-reactive ketones (excluding diaryl/α,β-unsaturated/α-hetero) is 1. The molecule has 2 nitrogen and oxygen atoms in total. The van der Waals surface area contributed by atoms with Crippen molar-refractivity contribution in [3.63, 3.8) is 0 Å². The van der Waals surface area contributed by atoms with Crippen LogP contribution in [0, 0.1) is 13.8 Å². The van der Waals surface area contributed by atoms with E-state index in [0.29, 0.717) is 12.2 Å². The van der Waals surface area contributed by atoms with E-state index in [1.807, 2.05) is 26.0 Å². The van der Waals surface area contributed by atoms with Crippen LogP contribution in [0.1, 0.15) is 23.6 Å². The monoisotopic (exact) mass is 178 g/mol. The van der Waals surface area contributed by atoms with E-state index >= 15 is 0 Å². The van der Waals surface area contributed by atoms with Gasteiger partial charge in [-0.3, -0.25) is 4.79 Å². The van der Waals surface area contributed by atoms with Crippen molar-refractivity contribution < 1.29 is 9.90 Å². The summed E-state index contributed by atoms with van der Waals surface area (Å²) in [4.78, 5) is 10.9. The minimum atomic E-state index is 0.117. The number of ketones is 1. The molecular formula is C11H14O2. The summed E-state index contributed by atoms with van der Waals surface area (Å²) in [6, 6.07) is 3.73.